The van der Waals surface area contributed by atoms with Crippen molar-refractivity contribution in [3.05, 3.63) is 41.1 Å². The average Bonchev–Trinajstić information content (AvgIpc) is 2.75. The molecule has 0 atom stereocenters. The van der Waals surface area contributed by atoms with Crippen LogP contribution >= 0.6 is 0 Å². The molecule has 0 saturated carbocycles. The zero-order valence-corrected chi connectivity index (χ0v) is 10.5. The van der Waals surface area contributed by atoms with Crippen molar-refractivity contribution in [2.75, 3.05) is 5.73 Å². The van der Waals surface area contributed by atoms with Gasteiger partial charge in [0.15, 0.2) is 5.78 Å². The van der Waals surface area contributed by atoms with Crippen molar-refractivity contribution in [2.24, 2.45) is 0 Å². The summed E-state index contributed by atoms with van der Waals surface area (Å²) in [5.41, 5.74) is 5.82. The van der Waals surface area contributed by atoms with E-state index in [-0.39, 0.29) is 28.3 Å². The summed E-state index contributed by atoms with van der Waals surface area (Å²) in [6, 6.07) is 7.87. The van der Waals surface area contributed by atoms with Gasteiger partial charge in [-0.2, -0.15) is 10.4 Å². The van der Waals surface area contributed by atoms with E-state index in [0.29, 0.717) is 0 Å². The van der Waals surface area contributed by atoms with Gasteiger partial charge in [0.05, 0.1) is 11.3 Å². The van der Waals surface area contributed by atoms with Crippen LogP contribution in [0.25, 0.3) is 5.69 Å². The van der Waals surface area contributed by atoms with Gasteiger partial charge in [-0.3, -0.25) is 4.79 Å². The number of carboxylic acids is 1. The largest absolute Gasteiger partial charge is 0.478 e. The summed E-state index contributed by atoms with van der Waals surface area (Å²) < 4.78 is 1.10. The lowest BCUT2D eigenvalue weighted by molar-refractivity contribution is 0.0696. The van der Waals surface area contributed by atoms with E-state index in [2.05, 4.69) is 5.10 Å². The highest BCUT2D eigenvalue weighted by molar-refractivity contribution is 5.97. The molecule has 7 nitrogen and oxygen atoms in total. The zero-order chi connectivity index (χ0) is 14.9. The SMILES string of the molecule is CC(=O)c1nn(-c2ccccc2C(=O)O)c(N)c1C#N. The Bertz CT molecular complexity index is 755. The van der Waals surface area contributed by atoms with Crippen LogP contribution in [0.15, 0.2) is 24.3 Å². The van der Waals surface area contributed by atoms with E-state index >= 15 is 0 Å². The first-order chi connectivity index (χ1) is 9.47. The Balaban J connectivity index is 2.76. The highest BCUT2D eigenvalue weighted by atomic mass is 16.4. The molecule has 2 rings (SSSR count). The van der Waals surface area contributed by atoms with Crippen LogP contribution in [0.5, 0.6) is 0 Å². The highest BCUT2D eigenvalue weighted by Crippen LogP contribution is 2.23. The number of nitrogen functional groups attached to an aromatic ring is 1. The van der Waals surface area contributed by atoms with Crippen molar-refractivity contribution in [1.82, 2.24) is 9.78 Å². The van der Waals surface area contributed by atoms with Crippen molar-refractivity contribution in [3.63, 3.8) is 0 Å². The summed E-state index contributed by atoms with van der Waals surface area (Å²) in [6.45, 7) is 1.26. The second-order valence-corrected chi connectivity index (χ2v) is 4.01. The monoisotopic (exact) mass is 270 g/mol. The van der Waals surface area contributed by atoms with E-state index < -0.39 is 11.8 Å². The van der Waals surface area contributed by atoms with Crippen molar-refractivity contribution < 1.29 is 14.7 Å². The molecule has 0 amide bonds. The summed E-state index contributed by atoms with van der Waals surface area (Å²) >= 11 is 0. The molecule has 20 heavy (non-hydrogen) atoms. The fourth-order valence-corrected chi connectivity index (χ4v) is 1.81. The molecule has 7 heteroatoms. The summed E-state index contributed by atoms with van der Waals surface area (Å²) in [7, 11) is 0. The molecule has 0 spiro atoms. The number of aromatic carboxylic acids is 1. The van der Waals surface area contributed by atoms with Gasteiger partial charge < -0.3 is 10.8 Å². The van der Waals surface area contributed by atoms with Crippen molar-refractivity contribution in [2.45, 2.75) is 6.92 Å². The lowest BCUT2D eigenvalue weighted by Gasteiger charge is -2.07. The second-order valence-electron chi connectivity index (χ2n) is 4.01. The topological polar surface area (TPSA) is 122 Å². The Hall–Kier alpha value is -3.14. The van der Waals surface area contributed by atoms with Gasteiger partial charge in [0.1, 0.15) is 23.1 Å². The van der Waals surface area contributed by atoms with Gasteiger partial charge >= 0.3 is 5.97 Å². The number of Topliss-reactive ketones (excluding diaryl/α,β-unsaturated/α-hetero) is 1. The number of aromatic nitrogens is 2. The predicted molar refractivity (Wildman–Crippen MR) is 69.7 cm³/mol. The third-order valence-corrected chi connectivity index (χ3v) is 2.73. The highest BCUT2D eigenvalue weighted by Gasteiger charge is 2.22. The van der Waals surface area contributed by atoms with Gasteiger partial charge in [-0.25, -0.2) is 9.48 Å². The molecule has 0 aliphatic rings. The average molecular weight is 270 g/mol. The number of rotatable bonds is 3. The summed E-state index contributed by atoms with van der Waals surface area (Å²) in [5.74, 6) is -1.63. The molecule has 1 heterocycles. The molecule has 1 aromatic carbocycles. The first-order valence-corrected chi connectivity index (χ1v) is 5.59. The number of benzene rings is 1. The van der Waals surface area contributed by atoms with Gasteiger partial charge in [-0.05, 0) is 12.1 Å². The van der Waals surface area contributed by atoms with E-state index in [1.54, 1.807) is 12.1 Å². The third kappa shape index (κ3) is 1.99. The number of para-hydroxylation sites is 1. The van der Waals surface area contributed by atoms with E-state index in [1.165, 1.54) is 19.1 Å². The molecule has 0 fully saturated rings. The molecule has 0 aliphatic heterocycles. The van der Waals surface area contributed by atoms with Gasteiger partial charge in [-0.15, -0.1) is 0 Å². The quantitative estimate of drug-likeness (QED) is 0.808. The number of carbonyl (C=O) groups is 2. The minimum absolute atomic E-state index is 0.0266. The number of anilines is 1. The van der Waals surface area contributed by atoms with Crippen LogP contribution in [-0.4, -0.2) is 26.6 Å². The Morgan fingerprint density at radius 2 is 2.05 bits per heavy atom. The molecule has 2 aromatic rings. The lowest BCUT2D eigenvalue weighted by atomic mass is 10.1. The maximum atomic E-state index is 11.4. The summed E-state index contributed by atoms with van der Waals surface area (Å²) in [6.07, 6.45) is 0. The van der Waals surface area contributed by atoms with Crippen LogP contribution < -0.4 is 5.73 Å². The van der Waals surface area contributed by atoms with Gasteiger partial charge in [0.25, 0.3) is 0 Å². The standard InChI is InChI=1S/C13H10N4O3/c1-7(18)11-9(6-14)12(15)17(16-11)10-5-3-2-4-8(10)13(19)20/h2-5H,15H2,1H3,(H,19,20). The van der Waals surface area contributed by atoms with Crippen molar-refractivity contribution in [3.8, 4) is 11.8 Å². The Kier molecular flexibility index (Phi) is 3.23. The fraction of sp³-hybridized carbons (Fsp3) is 0.0769. The number of carbonyl (C=O) groups excluding carboxylic acids is 1. The van der Waals surface area contributed by atoms with Crippen LogP contribution in [0.2, 0.25) is 0 Å². The fourth-order valence-electron chi connectivity index (χ4n) is 1.81. The first-order valence-electron chi connectivity index (χ1n) is 5.59. The number of hydrogen-bond donors (Lipinski definition) is 2. The van der Waals surface area contributed by atoms with Crippen molar-refractivity contribution >= 4 is 17.6 Å². The van der Waals surface area contributed by atoms with Crippen LogP contribution in [0.1, 0.15) is 33.3 Å². The molecular formula is C13H10N4O3. The number of nitriles is 1. The van der Waals surface area contributed by atoms with E-state index in [1.807, 2.05) is 6.07 Å². The van der Waals surface area contributed by atoms with Crippen LogP contribution in [0, 0.1) is 11.3 Å². The number of nitrogens with zero attached hydrogens (tertiary/aromatic N) is 3. The third-order valence-electron chi connectivity index (χ3n) is 2.73. The van der Waals surface area contributed by atoms with Crippen LogP contribution in [0.3, 0.4) is 0 Å². The maximum Gasteiger partial charge on any atom is 0.337 e. The number of carboxylic acid groups (broad SMARTS) is 1. The molecule has 0 bridgehead atoms. The van der Waals surface area contributed by atoms with Gasteiger partial charge in [0.2, 0.25) is 0 Å². The Labute approximate surface area is 113 Å². The summed E-state index contributed by atoms with van der Waals surface area (Å²) in [4.78, 5) is 22.6. The van der Waals surface area contributed by atoms with E-state index in [0.717, 1.165) is 4.68 Å². The molecule has 1 aromatic heterocycles. The van der Waals surface area contributed by atoms with Gasteiger partial charge in [-0.1, -0.05) is 12.1 Å². The lowest BCUT2D eigenvalue weighted by Crippen LogP contribution is -2.09. The van der Waals surface area contributed by atoms with E-state index in [4.69, 9.17) is 16.1 Å². The number of hydrogen-bond acceptors (Lipinski definition) is 5. The predicted octanol–water partition coefficient (Wildman–Crippen LogP) is 1.23. The minimum atomic E-state index is -1.15. The smallest absolute Gasteiger partial charge is 0.337 e. The first kappa shape index (κ1) is 13.3. The molecule has 0 saturated heterocycles. The van der Waals surface area contributed by atoms with Crippen molar-refractivity contribution in [1.29, 1.82) is 5.26 Å². The normalized spacial score (nSPS) is 10.0. The van der Waals surface area contributed by atoms with E-state index in [9.17, 15) is 9.59 Å². The zero-order valence-electron chi connectivity index (χ0n) is 10.5. The van der Waals surface area contributed by atoms with Gasteiger partial charge in [0, 0.05) is 6.92 Å². The summed E-state index contributed by atoms with van der Waals surface area (Å²) in [5, 5.41) is 22.1. The Morgan fingerprint density at radius 1 is 1.40 bits per heavy atom. The minimum Gasteiger partial charge on any atom is -0.478 e. The van der Waals surface area contributed by atoms with Crippen LogP contribution in [0.4, 0.5) is 5.82 Å². The second kappa shape index (κ2) is 4.85. The van der Waals surface area contributed by atoms with Crippen LogP contribution in [-0.2, 0) is 0 Å². The number of nitrogens with two attached hydrogens (primary N) is 1. The molecular weight excluding hydrogens is 260 g/mol. The molecule has 0 aliphatic carbocycles. The Morgan fingerprint density at radius 3 is 2.55 bits per heavy atom. The number of ketones is 1. The molecule has 0 radical (unpaired) electrons. The molecule has 0 unspecified atom stereocenters. The molecule has 100 valence electrons. The maximum absolute atomic E-state index is 11.4. The molecule has 3 N–H and O–H groups in total.